The molecule has 5 heteroatoms. The Morgan fingerprint density at radius 3 is 2.92 bits per heavy atom. The van der Waals surface area contributed by atoms with Gasteiger partial charge in [0, 0.05) is 29.7 Å². The number of aromatic nitrogens is 2. The van der Waals surface area contributed by atoms with Crippen molar-refractivity contribution in [2.24, 2.45) is 7.05 Å². The molecular formula is C19H19N3O2. The first-order valence-electron chi connectivity index (χ1n) is 8.21. The fourth-order valence-electron chi connectivity index (χ4n) is 3.59. The molecule has 1 aromatic carbocycles. The van der Waals surface area contributed by atoms with Crippen molar-refractivity contribution in [3.63, 3.8) is 0 Å². The van der Waals surface area contributed by atoms with E-state index in [0.717, 1.165) is 41.4 Å². The number of fused-ring (bicyclic) bond motifs is 2. The smallest absolute Gasteiger partial charge is 0.268 e. The molecule has 0 saturated heterocycles. The first-order valence-corrected chi connectivity index (χ1v) is 8.21. The zero-order chi connectivity index (χ0) is 16.7. The molecule has 122 valence electrons. The molecule has 3 aromatic rings. The molecule has 0 aliphatic heterocycles. The van der Waals surface area contributed by atoms with Crippen molar-refractivity contribution in [1.82, 2.24) is 14.9 Å². The molecule has 4 rings (SSSR count). The van der Waals surface area contributed by atoms with Gasteiger partial charge in [0.1, 0.15) is 5.69 Å². The maximum atomic E-state index is 12.8. The lowest BCUT2D eigenvalue weighted by Crippen LogP contribution is -2.33. The van der Waals surface area contributed by atoms with Crippen LogP contribution in [0.2, 0.25) is 0 Å². The average molecular weight is 321 g/mol. The summed E-state index contributed by atoms with van der Waals surface area (Å²) in [5.74, 6) is -0.0854. The number of H-pyrrole nitrogens is 1. The third-order valence-electron chi connectivity index (χ3n) is 4.82. The lowest BCUT2D eigenvalue weighted by atomic mass is 9.91. The van der Waals surface area contributed by atoms with Crippen molar-refractivity contribution < 1.29 is 4.79 Å². The molecule has 1 atom stereocenters. The van der Waals surface area contributed by atoms with Crippen LogP contribution in [0.1, 0.15) is 40.6 Å². The summed E-state index contributed by atoms with van der Waals surface area (Å²) in [6.07, 6.45) is 2.69. The molecule has 1 aliphatic rings. The largest absolute Gasteiger partial charge is 0.344 e. The molecule has 2 heterocycles. The lowest BCUT2D eigenvalue weighted by molar-refractivity contribution is 0.0924. The van der Waals surface area contributed by atoms with Gasteiger partial charge < -0.3 is 14.9 Å². The maximum Gasteiger partial charge on any atom is 0.268 e. The Labute approximate surface area is 139 Å². The average Bonchev–Trinajstić information content (AvgIpc) is 2.92. The summed E-state index contributed by atoms with van der Waals surface area (Å²) in [4.78, 5) is 27.2. The van der Waals surface area contributed by atoms with Crippen LogP contribution in [0.3, 0.4) is 0 Å². The Balaban J connectivity index is 1.65. The monoisotopic (exact) mass is 321 g/mol. The van der Waals surface area contributed by atoms with E-state index < -0.39 is 0 Å². The molecule has 0 bridgehead atoms. The first-order chi connectivity index (χ1) is 11.6. The third-order valence-corrected chi connectivity index (χ3v) is 4.82. The van der Waals surface area contributed by atoms with E-state index in [1.807, 2.05) is 48.0 Å². The molecule has 24 heavy (non-hydrogen) atoms. The molecular weight excluding hydrogens is 302 g/mol. The van der Waals surface area contributed by atoms with E-state index in [-0.39, 0.29) is 17.5 Å². The van der Waals surface area contributed by atoms with E-state index in [1.54, 1.807) is 0 Å². The minimum absolute atomic E-state index is 0.0592. The topological polar surface area (TPSA) is 66.9 Å². The van der Waals surface area contributed by atoms with Crippen molar-refractivity contribution in [2.45, 2.75) is 25.3 Å². The Hall–Kier alpha value is -2.82. The zero-order valence-electron chi connectivity index (χ0n) is 13.5. The number of amides is 1. The van der Waals surface area contributed by atoms with Crippen LogP contribution < -0.4 is 10.9 Å². The highest BCUT2D eigenvalue weighted by Crippen LogP contribution is 2.28. The van der Waals surface area contributed by atoms with Gasteiger partial charge in [-0.15, -0.1) is 0 Å². The molecule has 5 nitrogen and oxygen atoms in total. The van der Waals surface area contributed by atoms with E-state index in [9.17, 15) is 9.59 Å². The van der Waals surface area contributed by atoms with Crippen LogP contribution in [0, 0.1) is 0 Å². The number of aryl methyl sites for hydroxylation is 2. The van der Waals surface area contributed by atoms with E-state index in [1.165, 1.54) is 6.07 Å². The number of rotatable bonds is 2. The summed E-state index contributed by atoms with van der Waals surface area (Å²) >= 11 is 0. The number of hydrogen-bond donors (Lipinski definition) is 2. The molecule has 0 spiro atoms. The Kier molecular flexibility index (Phi) is 3.49. The van der Waals surface area contributed by atoms with Crippen LogP contribution in [0.25, 0.3) is 10.9 Å². The van der Waals surface area contributed by atoms with Crippen molar-refractivity contribution in [1.29, 1.82) is 0 Å². The van der Waals surface area contributed by atoms with Crippen LogP contribution in [-0.4, -0.2) is 15.5 Å². The van der Waals surface area contributed by atoms with Crippen LogP contribution in [0.4, 0.5) is 0 Å². The van der Waals surface area contributed by atoms with Crippen LogP contribution in [-0.2, 0) is 13.5 Å². The van der Waals surface area contributed by atoms with Gasteiger partial charge in [-0.3, -0.25) is 9.59 Å². The predicted molar refractivity (Wildman–Crippen MR) is 93.1 cm³/mol. The number of para-hydroxylation sites is 1. The molecule has 0 fully saturated rings. The number of nitrogens with zero attached hydrogens (tertiary/aromatic N) is 1. The van der Waals surface area contributed by atoms with E-state index >= 15 is 0 Å². The summed E-state index contributed by atoms with van der Waals surface area (Å²) in [7, 11) is 1.91. The number of nitrogens with one attached hydrogen (secondary N) is 2. The van der Waals surface area contributed by atoms with Gasteiger partial charge in [0.15, 0.2) is 0 Å². The third kappa shape index (κ3) is 2.42. The van der Waals surface area contributed by atoms with Gasteiger partial charge in [-0.05, 0) is 43.0 Å². The predicted octanol–water partition coefficient (Wildman–Crippen LogP) is 2.67. The second-order valence-corrected chi connectivity index (χ2v) is 6.32. The van der Waals surface area contributed by atoms with Gasteiger partial charge in [-0.25, -0.2) is 0 Å². The fraction of sp³-hybridized carbons (Fsp3) is 0.263. The number of pyridine rings is 1. The Morgan fingerprint density at radius 1 is 1.25 bits per heavy atom. The fourth-order valence-corrected chi connectivity index (χ4v) is 3.59. The van der Waals surface area contributed by atoms with Crippen LogP contribution in [0.15, 0.2) is 47.3 Å². The quantitative estimate of drug-likeness (QED) is 0.762. The van der Waals surface area contributed by atoms with E-state index in [0.29, 0.717) is 5.69 Å². The molecule has 0 saturated carbocycles. The second kappa shape index (κ2) is 5.67. The van der Waals surface area contributed by atoms with Crippen LogP contribution in [0.5, 0.6) is 0 Å². The van der Waals surface area contributed by atoms with Gasteiger partial charge in [-0.1, -0.05) is 18.2 Å². The number of benzene rings is 1. The van der Waals surface area contributed by atoms with Crippen molar-refractivity contribution in [3.8, 4) is 0 Å². The molecule has 1 amide bonds. The van der Waals surface area contributed by atoms with E-state index in [2.05, 4.69) is 10.3 Å². The summed E-state index contributed by atoms with van der Waals surface area (Å²) in [5.41, 5.74) is 3.56. The lowest BCUT2D eigenvalue weighted by Gasteiger charge is -2.26. The molecule has 0 radical (unpaired) electrons. The number of aromatic amines is 1. The summed E-state index contributed by atoms with van der Waals surface area (Å²) in [6.45, 7) is 0. The van der Waals surface area contributed by atoms with Gasteiger partial charge >= 0.3 is 0 Å². The SMILES string of the molecule is Cn1c(C(=O)N[C@H]2CCCc3[nH]c(=O)ccc32)cc2ccccc21. The van der Waals surface area contributed by atoms with Crippen molar-refractivity contribution in [2.75, 3.05) is 0 Å². The molecule has 1 aliphatic carbocycles. The zero-order valence-corrected chi connectivity index (χ0v) is 13.5. The molecule has 2 aromatic heterocycles. The summed E-state index contributed by atoms with van der Waals surface area (Å²) < 4.78 is 1.92. The molecule has 2 N–H and O–H groups in total. The second-order valence-electron chi connectivity index (χ2n) is 6.32. The maximum absolute atomic E-state index is 12.8. The Morgan fingerprint density at radius 2 is 2.08 bits per heavy atom. The Bertz CT molecular complexity index is 984. The highest BCUT2D eigenvalue weighted by molar-refractivity contribution is 5.98. The standard InChI is InChI=1S/C19H19N3O2/c1-22-16-8-3-2-5-12(16)11-17(22)19(24)21-15-7-4-6-14-13(15)9-10-18(23)20-14/h2-3,5,8-11,15H,4,6-7H2,1H3,(H,20,23)(H,21,24)/t15-/m0/s1. The molecule has 0 unspecified atom stereocenters. The van der Waals surface area contributed by atoms with Crippen molar-refractivity contribution >= 4 is 16.8 Å². The minimum Gasteiger partial charge on any atom is -0.344 e. The van der Waals surface area contributed by atoms with Crippen molar-refractivity contribution in [3.05, 3.63) is 69.8 Å². The van der Waals surface area contributed by atoms with Gasteiger partial charge in [-0.2, -0.15) is 0 Å². The van der Waals surface area contributed by atoms with Crippen LogP contribution >= 0.6 is 0 Å². The van der Waals surface area contributed by atoms with Gasteiger partial charge in [0.05, 0.1) is 6.04 Å². The number of hydrogen-bond acceptors (Lipinski definition) is 2. The normalized spacial score (nSPS) is 16.8. The number of carbonyl (C=O) groups excluding carboxylic acids is 1. The summed E-state index contributed by atoms with van der Waals surface area (Å²) in [6, 6.07) is 13.2. The van der Waals surface area contributed by atoms with Gasteiger partial charge in [0.25, 0.3) is 5.91 Å². The highest BCUT2D eigenvalue weighted by atomic mass is 16.2. The number of carbonyl (C=O) groups is 1. The van der Waals surface area contributed by atoms with Gasteiger partial charge in [0.2, 0.25) is 5.56 Å². The minimum atomic E-state index is -0.0885. The van der Waals surface area contributed by atoms with E-state index in [4.69, 9.17) is 0 Å². The highest BCUT2D eigenvalue weighted by Gasteiger charge is 2.24. The summed E-state index contributed by atoms with van der Waals surface area (Å²) in [5, 5.41) is 4.18. The first kappa shape index (κ1) is 14.8.